The van der Waals surface area contributed by atoms with Gasteiger partial charge in [-0.25, -0.2) is 9.97 Å². The van der Waals surface area contributed by atoms with Gasteiger partial charge in [0.1, 0.15) is 5.69 Å². The number of thiazole rings is 1. The third-order valence-corrected chi connectivity index (χ3v) is 3.69. The molecule has 0 aliphatic heterocycles. The third kappa shape index (κ3) is 3.28. The fourth-order valence-electron chi connectivity index (χ4n) is 1.51. The van der Waals surface area contributed by atoms with Crippen LogP contribution in [-0.4, -0.2) is 22.4 Å². The summed E-state index contributed by atoms with van der Waals surface area (Å²) in [5.74, 6) is -0.294. The van der Waals surface area contributed by atoms with Crippen LogP contribution in [0, 0.1) is 6.92 Å². The lowest BCUT2D eigenvalue weighted by Crippen LogP contribution is -2.14. The molecule has 2 heterocycles. The molecule has 0 unspecified atom stereocenters. The van der Waals surface area contributed by atoms with Crippen molar-refractivity contribution in [3.63, 3.8) is 0 Å². The van der Waals surface area contributed by atoms with Crippen molar-refractivity contribution in [3.05, 3.63) is 39.1 Å². The van der Waals surface area contributed by atoms with Gasteiger partial charge in [-0.1, -0.05) is 11.6 Å². The van der Waals surface area contributed by atoms with Crippen molar-refractivity contribution in [2.75, 3.05) is 11.9 Å². The largest absolute Gasteiger partial charge is 0.330 e. The molecule has 2 rings (SSSR count). The molecular formula is C12H13ClN4OS. The Hall–Kier alpha value is -1.50. The van der Waals surface area contributed by atoms with Gasteiger partial charge >= 0.3 is 0 Å². The average molecular weight is 297 g/mol. The number of aryl methyl sites for hydroxylation is 1. The van der Waals surface area contributed by atoms with Gasteiger partial charge in [0.2, 0.25) is 0 Å². The minimum absolute atomic E-state index is 0.269. The van der Waals surface area contributed by atoms with E-state index in [-0.39, 0.29) is 11.1 Å². The Balaban J connectivity index is 2.16. The van der Waals surface area contributed by atoms with Crippen LogP contribution in [0.25, 0.3) is 0 Å². The highest BCUT2D eigenvalue weighted by atomic mass is 35.5. The molecule has 0 radical (unpaired) electrons. The number of nitrogens with two attached hydrogens (primary N) is 1. The van der Waals surface area contributed by atoms with Crippen LogP contribution in [0.1, 0.15) is 21.1 Å². The van der Waals surface area contributed by atoms with Crippen LogP contribution in [0.5, 0.6) is 0 Å². The van der Waals surface area contributed by atoms with Crippen LogP contribution in [0.2, 0.25) is 5.15 Å². The number of halogens is 1. The van der Waals surface area contributed by atoms with E-state index in [1.165, 1.54) is 11.3 Å². The van der Waals surface area contributed by atoms with Gasteiger partial charge in [-0.2, -0.15) is 0 Å². The van der Waals surface area contributed by atoms with Crippen molar-refractivity contribution in [1.29, 1.82) is 0 Å². The first-order valence-electron chi connectivity index (χ1n) is 5.68. The summed E-state index contributed by atoms with van der Waals surface area (Å²) < 4.78 is 0. The zero-order valence-electron chi connectivity index (χ0n) is 10.3. The van der Waals surface area contributed by atoms with E-state index < -0.39 is 0 Å². The molecule has 0 saturated carbocycles. The predicted octanol–water partition coefficient (Wildman–Crippen LogP) is 2.25. The lowest BCUT2D eigenvalue weighted by Gasteiger charge is -2.07. The summed E-state index contributed by atoms with van der Waals surface area (Å²) in [5.41, 5.74) is 7.19. The van der Waals surface area contributed by atoms with Gasteiger partial charge in [-0.15, -0.1) is 11.3 Å². The van der Waals surface area contributed by atoms with E-state index in [9.17, 15) is 4.79 Å². The first-order chi connectivity index (χ1) is 9.11. The quantitative estimate of drug-likeness (QED) is 0.848. The third-order valence-electron chi connectivity index (χ3n) is 2.49. The summed E-state index contributed by atoms with van der Waals surface area (Å²) >= 11 is 7.38. The number of carbonyl (C=O) groups is 1. The lowest BCUT2D eigenvalue weighted by molar-refractivity contribution is 0.102. The number of aromatic nitrogens is 2. The van der Waals surface area contributed by atoms with Crippen molar-refractivity contribution >= 4 is 34.5 Å². The zero-order chi connectivity index (χ0) is 13.8. The maximum atomic E-state index is 12.1. The summed E-state index contributed by atoms with van der Waals surface area (Å²) in [4.78, 5) is 20.2. The standard InChI is InChI=1S/C12H13ClN4OS/c1-7-3-5-15-11(13)10(7)17-12(18)8-6-19-9(16-8)2-4-14/h3,5-6H,2,4,14H2,1H3,(H,17,18). The van der Waals surface area contributed by atoms with Crippen LogP contribution in [0.3, 0.4) is 0 Å². The van der Waals surface area contributed by atoms with Crippen LogP contribution < -0.4 is 11.1 Å². The highest BCUT2D eigenvalue weighted by Crippen LogP contribution is 2.23. The van der Waals surface area contributed by atoms with Gasteiger partial charge in [-0.3, -0.25) is 4.79 Å². The summed E-state index contributed by atoms with van der Waals surface area (Å²) in [7, 11) is 0. The first-order valence-corrected chi connectivity index (χ1v) is 6.94. The molecule has 2 aromatic heterocycles. The van der Waals surface area contributed by atoms with Crippen LogP contribution in [0.15, 0.2) is 17.6 Å². The molecule has 0 fully saturated rings. The molecule has 0 aliphatic rings. The number of anilines is 1. The van der Waals surface area contributed by atoms with Crippen LogP contribution in [-0.2, 0) is 6.42 Å². The van der Waals surface area contributed by atoms with E-state index in [2.05, 4.69) is 15.3 Å². The van der Waals surface area contributed by atoms with Crippen molar-refractivity contribution < 1.29 is 4.79 Å². The lowest BCUT2D eigenvalue weighted by atomic mass is 10.2. The molecule has 0 atom stereocenters. The Morgan fingerprint density at radius 1 is 1.58 bits per heavy atom. The Labute approximate surface area is 119 Å². The van der Waals surface area contributed by atoms with Crippen molar-refractivity contribution in [1.82, 2.24) is 9.97 Å². The predicted molar refractivity (Wildman–Crippen MR) is 76.8 cm³/mol. The molecule has 3 N–H and O–H groups in total. The van der Waals surface area contributed by atoms with Gasteiger partial charge in [0.15, 0.2) is 5.15 Å². The highest BCUT2D eigenvalue weighted by Gasteiger charge is 2.14. The summed E-state index contributed by atoms with van der Waals surface area (Å²) in [6, 6.07) is 1.78. The van der Waals surface area contributed by atoms with Gasteiger partial charge in [0.05, 0.1) is 10.7 Å². The van der Waals surface area contributed by atoms with Crippen LogP contribution >= 0.6 is 22.9 Å². The molecule has 5 nitrogen and oxygen atoms in total. The van der Waals surface area contributed by atoms with Gasteiger partial charge < -0.3 is 11.1 Å². The van der Waals surface area contributed by atoms with Crippen molar-refractivity contribution in [3.8, 4) is 0 Å². The van der Waals surface area contributed by atoms with Crippen molar-refractivity contribution in [2.24, 2.45) is 5.73 Å². The molecule has 2 aromatic rings. The van der Waals surface area contributed by atoms with Crippen LogP contribution in [0.4, 0.5) is 5.69 Å². The van der Waals surface area contributed by atoms with Gasteiger partial charge in [0, 0.05) is 18.0 Å². The van der Waals surface area contributed by atoms with E-state index in [1.54, 1.807) is 17.6 Å². The average Bonchev–Trinajstić information content (AvgIpc) is 2.83. The minimum Gasteiger partial charge on any atom is -0.330 e. The number of carbonyl (C=O) groups excluding carboxylic acids is 1. The summed E-state index contributed by atoms with van der Waals surface area (Å²) in [6.07, 6.45) is 2.26. The number of pyridine rings is 1. The Kier molecular flexibility index (Phi) is 4.47. The van der Waals surface area contributed by atoms with E-state index in [1.807, 2.05) is 6.92 Å². The second-order valence-corrected chi connectivity index (χ2v) is 5.21. The number of nitrogens with one attached hydrogen (secondary N) is 1. The second kappa shape index (κ2) is 6.10. The van der Waals surface area contributed by atoms with E-state index in [0.29, 0.717) is 24.3 Å². The molecule has 0 spiro atoms. The molecular weight excluding hydrogens is 284 g/mol. The van der Waals surface area contributed by atoms with Gasteiger partial charge in [0.25, 0.3) is 5.91 Å². The normalized spacial score (nSPS) is 10.5. The number of amides is 1. The maximum absolute atomic E-state index is 12.1. The Morgan fingerprint density at radius 3 is 3.05 bits per heavy atom. The van der Waals surface area contributed by atoms with E-state index in [0.717, 1.165) is 10.6 Å². The molecule has 7 heteroatoms. The van der Waals surface area contributed by atoms with E-state index in [4.69, 9.17) is 17.3 Å². The Bertz CT molecular complexity index is 579. The van der Waals surface area contributed by atoms with Gasteiger partial charge in [-0.05, 0) is 25.1 Å². The first kappa shape index (κ1) is 13.9. The Morgan fingerprint density at radius 2 is 2.37 bits per heavy atom. The minimum atomic E-state index is -0.294. The molecule has 100 valence electrons. The zero-order valence-corrected chi connectivity index (χ0v) is 11.9. The maximum Gasteiger partial charge on any atom is 0.275 e. The molecule has 0 saturated heterocycles. The molecule has 1 amide bonds. The van der Waals surface area contributed by atoms with E-state index >= 15 is 0 Å². The monoisotopic (exact) mass is 296 g/mol. The fourth-order valence-corrected chi connectivity index (χ4v) is 2.55. The number of rotatable bonds is 4. The fraction of sp³-hybridized carbons (Fsp3) is 0.250. The highest BCUT2D eigenvalue weighted by molar-refractivity contribution is 7.09. The number of nitrogens with zero attached hydrogens (tertiary/aromatic N) is 2. The number of hydrogen-bond donors (Lipinski definition) is 2. The SMILES string of the molecule is Cc1ccnc(Cl)c1NC(=O)c1csc(CCN)n1. The molecule has 0 bridgehead atoms. The molecule has 19 heavy (non-hydrogen) atoms. The summed E-state index contributed by atoms with van der Waals surface area (Å²) in [5, 5.41) is 5.56. The smallest absolute Gasteiger partial charge is 0.275 e. The molecule has 0 aromatic carbocycles. The van der Waals surface area contributed by atoms with Crippen molar-refractivity contribution in [2.45, 2.75) is 13.3 Å². The molecule has 0 aliphatic carbocycles. The summed E-state index contributed by atoms with van der Waals surface area (Å²) in [6.45, 7) is 2.37. The number of hydrogen-bond acceptors (Lipinski definition) is 5. The topological polar surface area (TPSA) is 80.9 Å². The second-order valence-electron chi connectivity index (χ2n) is 3.91.